The van der Waals surface area contributed by atoms with Gasteiger partial charge in [-0.1, -0.05) is 188 Å². The summed E-state index contributed by atoms with van der Waals surface area (Å²) in [5, 5.41) is 20.6. The van der Waals surface area contributed by atoms with Crippen molar-refractivity contribution < 1.29 is 0 Å². The Kier molecular flexibility index (Phi) is 6.35. The highest BCUT2D eigenvalue weighted by atomic mass is 14.3. The first-order valence-electron chi connectivity index (χ1n) is 18.1. The molecule has 0 saturated carbocycles. The Balaban J connectivity index is 1.43. The van der Waals surface area contributed by atoms with Crippen molar-refractivity contribution in [3.8, 4) is 22.3 Å². The Morgan fingerprint density at radius 3 is 1.40 bits per heavy atom. The van der Waals surface area contributed by atoms with Crippen LogP contribution in [0.15, 0.2) is 194 Å². The van der Waals surface area contributed by atoms with E-state index in [0.29, 0.717) is 0 Å². The van der Waals surface area contributed by atoms with Gasteiger partial charge in [-0.25, -0.2) is 0 Å². The summed E-state index contributed by atoms with van der Waals surface area (Å²) in [6, 6.07) is 71.8. The summed E-state index contributed by atoms with van der Waals surface area (Å²) in [4.78, 5) is 0. The average Bonchev–Trinajstić information content (AvgIpc) is 3.70. The van der Waals surface area contributed by atoms with Crippen molar-refractivity contribution in [2.75, 3.05) is 0 Å². The molecule has 0 atom stereocenters. The normalized spacial score (nSPS) is 11.8. The minimum atomic E-state index is 1.22. The van der Waals surface area contributed by atoms with E-state index in [9.17, 15) is 0 Å². The van der Waals surface area contributed by atoms with Gasteiger partial charge in [-0.2, -0.15) is 0 Å². The van der Waals surface area contributed by atoms with E-state index in [2.05, 4.69) is 194 Å². The van der Waals surface area contributed by atoms with Crippen molar-refractivity contribution in [1.29, 1.82) is 0 Å². The molecule has 0 N–H and O–H groups in total. The van der Waals surface area contributed by atoms with Crippen LogP contribution in [0.5, 0.6) is 0 Å². The van der Waals surface area contributed by atoms with Crippen molar-refractivity contribution in [1.82, 2.24) is 0 Å². The maximum Gasteiger partial charge on any atom is -0.000719 e. The van der Waals surface area contributed by atoms with Gasteiger partial charge in [-0.05, 0) is 114 Å². The van der Waals surface area contributed by atoms with Crippen LogP contribution in [0.4, 0.5) is 0 Å². The molecule has 0 amide bonds. The number of hydrogen-bond acceptors (Lipinski definition) is 0. The minimum Gasteiger partial charge on any atom is -0.0622 e. The predicted molar refractivity (Wildman–Crippen MR) is 224 cm³/mol. The first-order chi connectivity index (χ1) is 25.8. The molecule has 0 spiro atoms. The van der Waals surface area contributed by atoms with E-state index in [1.54, 1.807) is 0 Å². The number of rotatable bonds is 2. The zero-order valence-electron chi connectivity index (χ0n) is 28.5. The molecule has 2 aliphatic rings. The van der Waals surface area contributed by atoms with E-state index in [0.717, 1.165) is 0 Å². The van der Waals surface area contributed by atoms with Crippen LogP contribution in [0.3, 0.4) is 0 Å². The van der Waals surface area contributed by atoms with Gasteiger partial charge in [0.15, 0.2) is 0 Å². The lowest BCUT2D eigenvalue weighted by Gasteiger charge is -2.16. The molecule has 0 bridgehead atoms. The van der Waals surface area contributed by atoms with Crippen molar-refractivity contribution in [2.45, 2.75) is 0 Å². The second kappa shape index (κ2) is 11.4. The zero-order valence-corrected chi connectivity index (χ0v) is 28.5. The maximum atomic E-state index is 2.44. The number of hydrogen-bond donors (Lipinski definition) is 0. The third kappa shape index (κ3) is 4.16. The van der Waals surface area contributed by atoms with Crippen LogP contribution in [0.2, 0.25) is 0 Å². The van der Waals surface area contributed by atoms with E-state index in [1.807, 2.05) is 0 Å². The second-order valence-corrected chi connectivity index (χ2v) is 13.9. The molecule has 0 aromatic heterocycles. The van der Waals surface area contributed by atoms with Crippen LogP contribution >= 0.6 is 0 Å². The van der Waals surface area contributed by atoms with Crippen LogP contribution in [0.25, 0.3) is 97.7 Å². The standard InChI is InChI=1S/C52H32/c1-3-16-34(17-4-1)48-44-29-14-22-33-21-13-28-42-39-25-10-9-24-38(39)41(47(33)42)26-11-12-27-43(44)49(35-18-5-2-6-19-35)52-46-32-36-20-7-8-23-37(36)40-30-15-31-45(50(40)46)51(48)52/h1-32H. The van der Waals surface area contributed by atoms with Crippen LogP contribution in [0, 0.1) is 10.4 Å². The summed E-state index contributed by atoms with van der Waals surface area (Å²) in [6.07, 6.45) is 0. The Hall–Kier alpha value is -6.76. The van der Waals surface area contributed by atoms with Crippen LogP contribution in [-0.2, 0) is 0 Å². The molecule has 0 saturated heterocycles. The van der Waals surface area contributed by atoms with E-state index in [4.69, 9.17) is 0 Å². The topological polar surface area (TPSA) is 0 Å². The second-order valence-electron chi connectivity index (χ2n) is 13.9. The van der Waals surface area contributed by atoms with Crippen LogP contribution in [-0.4, -0.2) is 0 Å². The smallest absolute Gasteiger partial charge is 0.000719 e. The fourth-order valence-corrected chi connectivity index (χ4v) is 9.10. The van der Waals surface area contributed by atoms with E-state index >= 15 is 0 Å². The minimum absolute atomic E-state index is 1.22. The molecule has 0 nitrogen and oxygen atoms in total. The highest BCUT2D eigenvalue weighted by molar-refractivity contribution is 6.42. The highest BCUT2D eigenvalue weighted by Gasteiger charge is 2.23. The van der Waals surface area contributed by atoms with Gasteiger partial charge in [0.25, 0.3) is 0 Å². The van der Waals surface area contributed by atoms with Crippen molar-refractivity contribution in [2.24, 2.45) is 0 Å². The Morgan fingerprint density at radius 1 is 0.231 bits per heavy atom. The molecule has 9 aromatic carbocycles. The predicted octanol–water partition coefficient (Wildman–Crippen LogP) is 14.4. The summed E-state index contributed by atoms with van der Waals surface area (Å²) >= 11 is 0. The van der Waals surface area contributed by atoms with Gasteiger partial charge in [0.2, 0.25) is 0 Å². The van der Waals surface area contributed by atoms with Crippen LogP contribution < -0.4 is 0 Å². The SMILES string of the molecule is c1ccc(-c2c3cccc4cccc5c4=c(ccccc3c(-c3ccccc3)c3c4cc6ccccc6c6cccc(c23)c64)c2ccccc25)cc1. The van der Waals surface area contributed by atoms with Gasteiger partial charge >= 0.3 is 0 Å². The van der Waals surface area contributed by atoms with Crippen LogP contribution in [0.1, 0.15) is 0 Å². The van der Waals surface area contributed by atoms with Gasteiger partial charge in [0.05, 0.1) is 0 Å². The Labute approximate surface area is 301 Å². The van der Waals surface area contributed by atoms with Crippen molar-refractivity contribution in [3.05, 3.63) is 205 Å². The fraction of sp³-hybridized carbons (Fsp3) is 0. The molecule has 52 heavy (non-hydrogen) atoms. The third-order valence-corrected chi connectivity index (χ3v) is 11.2. The molecule has 2 aliphatic carbocycles. The molecular formula is C52H32. The molecule has 0 radical (unpaired) electrons. The number of fused-ring (bicyclic) bond motifs is 9. The summed E-state index contributed by atoms with van der Waals surface area (Å²) in [6.45, 7) is 0. The van der Waals surface area contributed by atoms with Gasteiger partial charge < -0.3 is 0 Å². The van der Waals surface area contributed by atoms with Crippen molar-refractivity contribution in [3.63, 3.8) is 0 Å². The summed E-state index contributed by atoms with van der Waals surface area (Å²) in [7, 11) is 0. The fourth-order valence-electron chi connectivity index (χ4n) is 9.10. The zero-order chi connectivity index (χ0) is 34.2. The van der Waals surface area contributed by atoms with E-state index < -0.39 is 0 Å². The molecule has 0 heteroatoms. The van der Waals surface area contributed by atoms with Gasteiger partial charge in [0.1, 0.15) is 0 Å². The lowest BCUT2D eigenvalue weighted by Crippen LogP contribution is -1.88. The molecule has 0 fully saturated rings. The summed E-state index contributed by atoms with van der Waals surface area (Å²) in [5.74, 6) is 0. The van der Waals surface area contributed by atoms with Gasteiger partial charge in [-0.15, -0.1) is 0 Å². The monoisotopic (exact) mass is 656 g/mol. The molecule has 0 heterocycles. The quantitative estimate of drug-likeness (QED) is 0.162. The first kappa shape index (κ1) is 29.0. The molecule has 240 valence electrons. The molecule has 9 aromatic rings. The lowest BCUT2D eigenvalue weighted by molar-refractivity contribution is 1.65. The van der Waals surface area contributed by atoms with Crippen molar-refractivity contribution >= 4 is 75.4 Å². The average molecular weight is 657 g/mol. The number of benzene rings is 8. The largest absolute Gasteiger partial charge is 0.0622 e. The maximum absolute atomic E-state index is 2.44. The van der Waals surface area contributed by atoms with Gasteiger partial charge in [0, 0.05) is 0 Å². The molecule has 0 unspecified atom stereocenters. The Bertz CT molecular complexity index is 3320. The first-order valence-corrected chi connectivity index (χ1v) is 18.1. The van der Waals surface area contributed by atoms with E-state index in [-0.39, 0.29) is 0 Å². The summed E-state index contributed by atoms with van der Waals surface area (Å²) < 4.78 is 0. The highest BCUT2D eigenvalue weighted by Crippen LogP contribution is 2.51. The van der Waals surface area contributed by atoms with E-state index in [1.165, 1.54) is 108 Å². The Morgan fingerprint density at radius 2 is 0.692 bits per heavy atom. The third-order valence-electron chi connectivity index (χ3n) is 11.2. The molecular weight excluding hydrogens is 625 g/mol. The molecule has 0 aliphatic heterocycles. The summed E-state index contributed by atoms with van der Waals surface area (Å²) in [5.41, 5.74) is 4.98. The molecule has 11 rings (SSSR count). The lowest BCUT2D eigenvalue weighted by atomic mass is 9.87. The van der Waals surface area contributed by atoms with Gasteiger partial charge in [-0.3, -0.25) is 0 Å².